The lowest BCUT2D eigenvalue weighted by Crippen LogP contribution is -2.20. The molecule has 3 nitrogen and oxygen atoms in total. The van der Waals surface area contributed by atoms with E-state index in [4.69, 9.17) is 27.9 Å². The van der Waals surface area contributed by atoms with Gasteiger partial charge in [-0.25, -0.2) is 3.96 Å². The standard InChI is InChI=1S/C7H9Cl2NO2S/c1-3-4(12-2)10-7(11)5(8)6(9)13-10/h4H,3H2,1-2H3. The lowest BCUT2D eigenvalue weighted by Gasteiger charge is -2.11. The van der Waals surface area contributed by atoms with Crippen LogP contribution in [0.15, 0.2) is 4.79 Å². The van der Waals surface area contributed by atoms with Gasteiger partial charge in [0, 0.05) is 7.11 Å². The van der Waals surface area contributed by atoms with Crippen LogP contribution in [0.5, 0.6) is 0 Å². The monoisotopic (exact) mass is 241 g/mol. The second-order valence-electron chi connectivity index (χ2n) is 2.41. The molecular formula is C7H9Cl2NO2S. The average Bonchev–Trinajstić information content (AvgIpc) is 2.36. The summed E-state index contributed by atoms with van der Waals surface area (Å²) < 4.78 is 6.83. The zero-order chi connectivity index (χ0) is 10.0. The van der Waals surface area contributed by atoms with Crippen molar-refractivity contribution in [3.63, 3.8) is 0 Å². The van der Waals surface area contributed by atoms with Crippen molar-refractivity contribution in [2.75, 3.05) is 7.11 Å². The van der Waals surface area contributed by atoms with E-state index in [0.29, 0.717) is 10.8 Å². The van der Waals surface area contributed by atoms with Crippen LogP contribution in [-0.2, 0) is 4.74 Å². The molecule has 0 aliphatic heterocycles. The van der Waals surface area contributed by atoms with E-state index in [1.165, 1.54) is 3.96 Å². The first-order chi connectivity index (χ1) is 6.11. The van der Waals surface area contributed by atoms with Gasteiger partial charge in [0.05, 0.1) is 0 Å². The Balaban J connectivity index is 3.14. The third kappa shape index (κ3) is 2.07. The van der Waals surface area contributed by atoms with Crippen LogP contribution in [0.1, 0.15) is 19.6 Å². The molecule has 13 heavy (non-hydrogen) atoms. The Morgan fingerprint density at radius 3 is 2.54 bits per heavy atom. The minimum Gasteiger partial charge on any atom is -0.360 e. The van der Waals surface area contributed by atoms with E-state index >= 15 is 0 Å². The number of methoxy groups -OCH3 is 1. The van der Waals surface area contributed by atoms with Crippen LogP contribution < -0.4 is 5.56 Å². The zero-order valence-electron chi connectivity index (χ0n) is 7.21. The predicted molar refractivity (Wildman–Crippen MR) is 54.9 cm³/mol. The Bertz CT molecular complexity index is 343. The first-order valence-corrected chi connectivity index (χ1v) is 5.24. The average molecular weight is 242 g/mol. The molecule has 0 N–H and O–H groups in total. The van der Waals surface area contributed by atoms with Crippen LogP contribution in [0, 0.1) is 0 Å². The summed E-state index contributed by atoms with van der Waals surface area (Å²) in [6, 6.07) is 0. The van der Waals surface area contributed by atoms with E-state index in [0.717, 1.165) is 11.5 Å². The second-order valence-corrected chi connectivity index (χ2v) is 4.37. The summed E-state index contributed by atoms with van der Waals surface area (Å²) in [5.74, 6) is 0. The molecule has 1 atom stereocenters. The fourth-order valence-electron chi connectivity index (χ4n) is 0.966. The van der Waals surface area contributed by atoms with Crippen molar-refractivity contribution in [3.05, 3.63) is 19.7 Å². The molecule has 0 bridgehead atoms. The first-order valence-electron chi connectivity index (χ1n) is 3.71. The van der Waals surface area contributed by atoms with Gasteiger partial charge >= 0.3 is 0 Å². The van der Waals surface area contributed by atoms with Crippen LogP contribution in [0.3, 0.4) is 0 Å². The molecule has 0 spiro atoms. The van der Waals surface area contributed by atoms with E-state index in [-0.39, 0.29) is 16.8 Å². The fraction of sp³-hybridized carbons (Fsp3) is 0.571. The molecule has 1 aromatic rings. The maximum absolute atomic E-state index is 11.4. The third-order valence-electron chi connectivity index (χ3n) is 1.62. The summed E-state index contributed by atoms with van der Waals surface area (Å²) in [5.41, 5.74) is -0.287. The van der Waals surface area contributed by atoms with Crippen molar-refractivity contribution < 1.29 is 4.74 Å². The Hall–Kier alpha value is -0.0300. The van der Waals surface area contributed by atoms with Crippen molar-refractivity contribution in [2.45, 2.75) is 19.6 Å². The van der Waals surface area contributed by atoms with Crippen LogP contribution in [0.4, 0.5) is 0 Å². The predicted octanol–water partition coefficient (Wildman–Crippen LogP) is 2.77. The normalized spacial score (nSPS) is 13.2. The van der Waals surface area contributed by atoms with E-state index in [1.807, 2.05) is 6.92 Å². The lowest BCUT2D eigenvalue weighted by molar-refractivity contribution is 0.0474. The minimum atomic E-state index is -0.287. The molecule has 1 rings (SSSR count). The highest BCUT2D eigenvalue weighted by Gasteiger charge is 2.16. The Morgan fingerprint density at radius 2 is 2.23 bits per heavy atom. The Morgan fingerprint density at radius 1 is 1.62 bits per heavy atom. The molecule has 0 amide bonds. The molecule has 1 unspecified atom stereocenters. The molecule has 1 heterocycles. The van der Waals surface area contributed by atoms with Crippen LogP contribution in [0.25, 0.3) is 0 Å². The van der Waals surface area contributed by atoms with Crippen molar-refractivity contribution >= 4 is 34.7 Å². The van der Waals surface area contributed by atoms with Crippen molar-refractivity contribution in [1.29, 1.82) is 0 Å². The highest BCUT2D eigenvalue weighted by atomic mass is 35.5. The molecule has 6 heteroatoms. The number of aromatic nitrogens is 1. The molecule has 74 valence electrons. The second kappa shape index (κ2) is 4.46. The molecule has 0 saturated heterocycles. The number of halogens is 2. The summed E-state index contributed by atoms with van der Waals surface area (Å²) in [6.45, 7) is 1.92. The summed E-state index contributed by atoms with van der Waals surface area (Å²) in [5, 5.41) is 0.0715. The summed E-state index contributed by atoms with van der Waals surface area (Å²) in [4.78, 5) is 11.4. The van der Waals surface area contributed by atoms with Crippen LogP contribution >= 0.6 is 34.7 Å². The van der Waals surface area contributed by atoms with E-state index in [1.54, 1.807) is 7.11 Å². The quantitative estimate of drug-likeness (QED) is 0.816. The third-order valence-corrected chi connectivity index (χ3v) is 3.54. The van der Waals surface area contributed by atoms with E-state index < -0.39 is 0 Å². The van der Waals surface area contributed by atoms with Gasteiger partial charge in [-0.3, -0.25) is 4.79 Å². The van der Waals surface area contributed by atoms with Crippen LogP contribution in [0.2, 0.25) is 9.36 Å². The molecule has 0 aliphatic carbocycles. The van der Waals surface area contributed by atoms with Gasteiger partial charge in [0.2, 0.25) is 0 Å². The van der Waals surface area contributed by atoms with Gasteiger partial charge in [-0.2, -0.15) is 0 Å². The van der Waals surface area contributed by atoms with E-state index in [2.05, 4.69) is 0 Å². The number of ether oxygens (including phenoxy) is 1. The summed E-state index contributed by atoms with van der Waals surface area (Å²) >= 11 is 12.5. The maximum Gasteiger partial charge on any atom is 0.283 e. The first kappa shape index (κ1) is 11.0. The fourth-order valence-corrected chi connectivity index (χ4v) is 2.38. The van der Waals surface area contributed by atoms with E-state index in [9.17, 15) is 4.79 Å². The van der Waals surface area contributed by atoms with Crippen LogP contribution in [-0.4, -0.2) is 11.1 Å². The Kier molecular flexibility index (Phi) is 3.79. The highest BCUT2D eigenvalue weighted by molar-refractivity contribution is 7.11. The van der Waals surface area contributed by atoms with Gasteiger partial charge < -0.3 is 4.74 Å². The maximum atomic E-state index is 11.4. The summed E-state index contributed by atoms with van der Waals surface area (Å²) in [7, 11) is 1.54. The van der Waals surface area contributed by atoms with Gasteiger partial charge in [-0.1, -0.05) is 30.1 Å². The highest BCUT2D eigenvalue weighted by Crippen LogP contribution is 2.26. The van der Waals surface area contributed by atoms with Gasteiger partial charge in [0.25, 0.3) is 5.56 Å². The lowest BCUT2D eigenvalue weighted by atomic mass is 10.4. The number of rotatable bonds is 3. The SMILES string of the molecule is CCC(OC)n1sc(Cl)c(Cl)c1=O. The van der Waals surface area contributed by atoms with Gasteiger partial charge in [-0.05, 0) is 18.0 Å². The van der Waals surface area contributed by atoms with Gasteiger partial charge in [0.15, 0.2) is 0 Å². The topological polar surface area (TPSA) is 31.2 Å². The largest absolute Gasteiger partial charge is 0.360 e. The number of hydrogen-bond acceptors (Lipinski definition) is 3. The molecule has 0 radical (unpaired) electrons. The molecule has 1 aromatic heterocycles. The smallest absolute Gasteiger partial charge is 0.283 e. The Labute approximate surface area is 90.0 Å². The molecular weight excluding hydrogens is 233 g/mol. The molecule has 0 fully saturated rings. The molecule has 0 saturated carbocycles. The number of hydrogen-bond donors (Lipinski definition) is 0. The van der Waals surface area contributed by atoms with Gasteiger partial charge in [-0.15, -0.1) is 0 Å². The molecule has 0 aromatic carbocycles. The van der Waals surface area contributed by atoms with Crippen molar-refractivity contribution in [2.24, 2.45) is 0 Å². The minimum absolute atomic E-state index is 0.0715. The van der Waals surface area contributed by atoms with Crippen molar-refractivity contribution in [3.8, 4) is 0 Å². The van der Waals surface area contributed by atoms with Gasteiger partial charge in [0.1, 0.15) is 15.6 Å². The number of nitrogens with zero attached hydrogens (tertiary/aromatic N) is 1. The summed E-state index contributed by atoms with van der Waals surface area (Å²) in [6.07, 6.45) is 0.423. The van der Waals surface area contributed by atoms with Crippen molar-refractivity contribution in [1.82, 2.24) is 3.96 Å². The zero-order valence-corrected chi connectivity index (χ0v) is 9.54. The molecule has 0 aliphatic rings.